The highest BCUT2D eigenvalue weighted by Crippen LogP contribution is 2.28. The quantitative estimate of drug-likeness (QED) is 0.251. The van der Waals surface area contributed by atoms with E-state index in [9.17, 15) is 9.59 Å². The standard InChI is InChI=1S/C26H17NO3S/c28-24(19-12-11-17-6-1-2-7-18(17)14-19)16-30-26(29)21-15-23(25-10-5-13-31-25)27-22-9-4-3-8-20(21)22/h1-15H,16H2. The molecule has 0 atom stereocenters. The second kappa shape index (κ2) is 8.13. The van der Waals surface area contributed by atoms with E-state index in [0.29, 0.717) is 27.7 Å². The van der Waals surface area contributed by atoms with Crippen LogP contribution >= 0.6 is 11.3 Å². The Bertz CT molecular complexity index is 1420. The molecule has 31 heavy (non-hydrogen) atoms. The molecular formula is C26H17NO3S. The highest BCUT2D eigenvalue weighted by atomic mass is 32.1. The largest absolute Gasteiger partial charge is 0.454 e. The molecule has 5 aromatic rings. The molecule has 0 spiro atoms. The first-order valence-electron chi connectivity index (χ1n) is 9.82. The number of ketones is 1. The van der Waals surface area contributed by atoms with Crippen molar-refractivity contribution in [3.63, 3.8) is 0 Å². The third kappa shape index (κ3) is 3.83. The molecule has 0 aliphatic heterocycles. The number of aromatic nitrogens is 1. The van der Waals surface area contributed by atoms with Crippen LogP contribution in [0.25, 0.3) is 32.2 Å². The van der Waals surface area contributed by atoms with E-state index in [1.54, 1.807) is 23.5 Å². The van der Waals surface area contributed by atoms with E-state index in [-0.39, 0.29) is 12.4 Å². The van der Waals surface area contributed by atoms with Gasteiger partial charge in [0.05, 0.1) is 21.7 Å². The SMILES string of the molecule is O=C(COC(=O)c1cc(-c2cccs2)nc2ccccc12)c1ccc2ccccc2c1. The summed E-state index contributed by atoms with van der Waals surface area (Å²) in [4.78, 5) is 31.2. The Morgan fingerprint density at radius 2 is 1.65 bits per heavy atom. The molecular weight excluding hydrogens is 406 g/mol. The second-order valence-electron chi connectivity index (χ2n) is 7.11. The van der Waals surface area contributed by atoms with Crippen molar-refractivity contribution in [2.24, 2.45) is 0 Å². The number of rotatable bonds is 5. The summed E-state index contributed by atoms with van der Waals surface area (Å²) < 4.78 is 5.42. The molecule has 3 aromatic carbocycles. The molecule has 0 bridgehead atoms. The number of ether oxygens (including phenoxy) is 1. The maximum Gasteiger partial charge on any atom is 0.339 e. The van der Waals surface area contributed by atoms with Crippen molar-refractivity contribution in [1.29, 1.82) is 0 Å². The van der Waals surface area contributed by atoms with Crippen LogP contribution in [0, 0.1) is 0 Å². The lowest BCUT2D eigenvalue weighted by Gasteiger charge is -2.09. The van der Waals surface area contributed by atoms with Crippen molar-refractivity contribution in [1.82, 2.24) is 4.98 Å². The van der Waals surface area contributed by atoms with Gasteiger partial charge in [0.25, 0.3) is 0 Å². The van der Waals surface area contributed by atoms with Gasteiger partial charge in [0.1, 0.15) is 0 Å². The predicted octanol–water partition coefficient (Wildman–Crippen LogP) is 6.16. The van der Waals surface area contributed by atoms with Gasteiger partial charge >= 0.3 is 5.97 Å². The Balaban J connectivity index is 1.41. The lowest BCUT2D eigenvalue weighted by molar-refractivity contribution is 0.0477. The number of carbonyl (C=O) groups is 2. The Labute approximate surface area is 182 Å². The van der Waals surface area contributed by atoms with Gasteiger partial charge in [-0.15, -0.1) is 11.3 Å². The van der Waals surface area contributed by atoms with Crippen molar-refractivity contribution >= 4 is 44.8 Å². The number of benzene rings is 3. The number of nitrogens with zero attached hydrogens (tertiary/aromatic N) is 1. The van der Waals surface area contributed by atoms with Crippen LogP contribution < -0.4 is 0 Å². The molecule has 0 saturated heterocycles. The molecule has 0 unspecified atom stereocenters. The fourth-order valence-electron chi connectivity index (χ4n) is 3.55. The molecule has 0 N–H and O–H groups in total. The van der Waals surface area contributed by atoms with Crippen molar-refractivity contribution in [3.05, 3.63) is 101 Å². The molecule has 5 heteroatoms. The molecule has 0 fully saturated rings. The van der Waals surface area contributed by atoms with Gasteiger partial charge in [-0.05, 0) is 40.4 Å². The van der Waals surface area contributed by atoms with Crippen molar-refractivity contribution < 1.29 is 14.3 Å². The summed E-state index contributed by atoms with van der Waals surface area (Å²) in [7, 11) is 0. The van der Waals surface area contributed by atoms with Gasteiger partial charge in [0.2, 0.25) is 0 Å². The van der Waals surface area contributed by atoms with E-state index in [1.165, 1.54) is 0 Å². The van der Waals surface area contributed by atoms with Crippen LogP contribution in [0.3, 0.4) is 0 Å². The van der Waals surface area contributed by atoms with Gasteiger partial charge in [0.15, 0.2) is 12.4 Å². The number of esters is 1. The van der Waals surface area contributed by atoms with E-state index in [2.05, 4.69) is 4.98 Å². The molecule has 5 rings (SSSR count). The van der Waals surface area contributed by atoms with E-state index in [4.69, 9.17) is 4.74 Å². The lowest BCUT2D eigenvalue weighted by Crippen LogP contribution is -2.15. The van der Waals surface area contributed by atoms with Crippen LogP contribution in [0.2, 0.25) is 0 Å². The Morgan fingerprint density at radius 3 is 2.48 bits per heavy atom. The van der Waals surface area contributed by atoms with Gasteiger partial charge in [-0.3, -0.25) is 4.79 Å². The molecule has 0 aliphatic rings. The van der Waals surface area contributed by atoms with E-state index in [1.807, 2.05) is 78.2 Å². The zero-order valence-electron chi connectivity index (χ0n) is 16.4. The highest BCUT2D eigenvalue weighted by Gasteiger charge is 2.17. The normalized spacial score (nSPS) is 11.0. The van der Waals surface area contributed by atoms with E-state index >= 15 is 0 Å². The summed E-state index contributed by atoms with van der Waals surface area (Å²) in [5.74, 6) is -0.776. The van der Waals surface area contributed by atoms with E-state index in [0.717, 1.165) is 15.6 Å². The topological polar surface area (TPSA) is 56.3 Å². The summed E-state index contributed by atoms with van der Waals surface area (Å²) in [6.07, 6.45) is 0. The van der Waals surface area contributed by atoms with Crippen LogP contribution in [-0.4, -0.2) is 23.3 Å². The molecule has 150 valence electrons. The fourth-order valence-corrected chi connectivity index (χ4v) is 4.24. The summed E-state index contributed by atoms with van der Waals surface area (Å²) in [6, 6.07) is 26.4. The van der Waals surface area contributed by atoms with Gasteiger partial charge in [0, 0.05) is 10.9 Å². The molecule has 2 aromatic heterocycles. The third-order valence-electron chi connectivity index (χ3n) is 5.12. The number of hydrogen-bond acceptors (Lipinski definition) is 5. The first-order chi connectivity index (χ1) is 15.2. The maximum atomic E-state index is 12.9. The average Bonchev–Trinajstić information content (AvgIpc) is 3.36. The number of Topliss-reactive ketones (excluding diaryl/α,β-unsaturated/α-hetero) is 1. The number of para-hydroxylation sites is 1. The van der Waals surface area contributed by atoms with Crippen LogP contribution in [0.4, 0.5) is 0 Å². The molecule has 0 saturated carbocycles. The van der Waals surface area contributed by atoms with Crippen molar-refractivity contribution in [2.45, 2.75) is 0 Å². The second-order valence-corrected chi connectivity index (χ2v) is 8.06. The van der Waals surface area contributed by atoms with Gasteiger partial charge in [-0.25, -0.2) is 9.78 Å². The smallest absolute Gasteiger partial charge is 0.339 e. The van der Waals surface area contributed by atoms with Crippen LogP contribution in [0.1, 0.15) is 20.7 Å². The third-order valence-corrected chi connectivity index (χ3v) is 6.01. The Morgan fingerprint density at radius 1 is 0.839 bits per heavy atom. The highest BCUT2D eigenvalue weighted by molar-refractivity contribution is 7.13. The molecule has 2 heterocycles. The minimum atomic E-state index is -0.537. The monoisotopic (exact) mass is 423 g/mol. The van der Waals surface area contributed by atoms with Crippen LogP contribution in [0.15, 0.2) is 90.3 Å². The minimum Gasteiger partial charge on any atom is -0.454 e. The maximum absolute atomic E-state index is 12.9. The zero-order chi connectivity index (χ0) is 21.2. The average molecular weight is 423 g/mol. The molecule has 4 nitrogen and oxygen atoms in total. The van der Waals surface area contributed by atoms with Gasteiger partial charge in [-0.1, -0.05) is 60.7 Å². The molecule has 0 radical (unpaired) electrons. The molecule has 0 amide bonds. The number of carbonyl (C=O) groups excluding carboxylic acids is 2. The van der Waals surface area contributed by atoms with Crippen LogP contribution in [-0.2, 0) is 4.74 Å². The first-order valence-corrected chi connectivity index (χ1v) is 10.7. The van der Waals surface area contributed by atoms with Crippen LogP contribution in [0.5, 0.6) is 0 Å². The molecule has 0 aliphatic carbocycles. The number of pyridine rings is 1. The first kappa shape index (κ1) is 19.2. The summed E-state index contributed by atoms with van der Waals surface area (Å²) in [6.45, 7) is -0.317. The fraction of sp³-hybridized carbons (Fsp3) is 0.0385. The number of fused-ring (bicyclic) bond motifs is 2. The predicted molar refractivity (Wildman–Crippen MR) is 124 cm³/mol. The van der Waals surface area contributed by atoms with Crippen molar-refractivity contribution in [3.8, 4) is 10.6 Å². The van der Waals surface area contributed by atoms with Gasteiger partial charge in [-0.2, -0.15) is 0 Å². The summed E-state index contributed by atoms with van der Waals surface area (Å²) in [5, 5.41) is 4.69. The van der Waals surface area contributed by atoms with Gasteiger partial charge < -0.3 is 4.74 Å². The summed E-state index contributed by atoms with van der Waals surface area (Å²) in [5.41, 5.74) is 2.34. The zero-order valence-corrected chi connectivity index (χ0v) is 17.3. The summed E-state index contributed by atoms with van der Waals surface area (Å²) >= 11 is 1.55. The van der Waals surface area contributed by atoms with Crippen molar-refractivity contribution in [2.75, 3.05) is 6.61 Å². The Kier molecular flexibility index (Phi) is 5.02. The minimum absolute atomic E-state index is 0.240. The number of thiophene rings is 1. The van der Waals surface area contributed by atoms with E-state index < -0.39 is 5.97 Å². The lowest BCUT2D eigenvalue weighted by atomic mass is 10.0. The number of hydrogen-bond donors (Lipinski definition) is 0. The Hall–Kier alpha value is -3.83.